The van der Waals surface area contributed by atoms with Gasteiger partial charge < -0.3 is 14.4 Å². The van der Waals surface area contributed by atoms with E-state index in [1.165, 1.54) is 10.4 Å². The summed E-state index contributed by atoms with van der Waals surface area (Å²) >= 11 is 0. The standard InChI is InChI=1S/C19H24N4O6S/c24-18(22-10-6-19(7-11-22)27-12-13-28-19)14-4-8-23(9-5-14)30(25,26)16-3-1-2-15-17(16)21-29-20-15/h1-3,14H,4-13H2. The minimum absolute atomic E-state index is 0.0870. The van der Waals surface area contributed by atoms with Gasteiger partial charge in [-0.25, -0.2) is 13.0 Å². The third-order valence-electron chi connectivity index (χ3n) is 6.32. The van der Waals surface area contributed by atoms with Crippen LogP contribution in [0.1, 0.15) is 25.7 Å². The molecule has 11 heteroatoms. The van der Waals surface area contributed by atoms with Crippen LogP contribution < -0.4 is 0 Å². The monoisotopic (exact) mass is 436 g/mol. The number of hydrogen-bond acceptors (Lipinski definition) is 8. The Morgan fingerprint density at radius 3 is 2.43 bits per heavy atom. The molecule has 0 bridgehead atoms. The molecule has 3 fully saturated rings. The highest BCUT2D eigenvalue weighted by atomic mass is 32.2. The summed E-state index contributed by atoms with van der Waals surface area (Å²) in [7, 11) is -3.73. The predicted octanol–water partition coefficient (Wildman–Crippen LogP) is 0.989. The molecule has 0 N–H and O–H groups in total. The molecule has 4 heterocycles. The molecule has 1 aromatic heterocycles. The molecule has 5 rings (SSSR count). The molecule has 0 aliphatic carbocycles. The highest BCUT2D eigenvalue weighted by Crippen LogP contribution is 2.33. The predicted molar refractivity (Wildman–Crippen MR) is 104 cm³/mol. The second-order valence-electron chi connectivity index (χ2n) is 8.00. The molecule has 10 nitrogen and oxygen atoms in total. The van der Waals surface area contributed by atoms with Crippen molar-refractivity contribution in [3.05, 3.63) is 18.2 Å². The molecule has 1 aromatic carbocycles. The number of benzene rings is 1. The largest absolute Gasteiger partial charge is 0.347 e. The number of fused-ring (bicyclic) bond motifs is 1. The van der Waals surface area contributed by atoms with Crippen molar-refractivity contribution in [1.29, 1.82) is 0 Å². The van der Waals surface area contributed by atoms with E-state index in [4.69, 9.17) is 9.47 Å². The van der Waals surface area contributed by atoms with E-state index in [0.717, 1.165) is 0 Å². The van der Waals surface area contributed by atoms with E-state index < -0.39 is 15.8 Å². The number of piperidine rings is 2. The fourth-order valence-corrected chi connectivity index (χ4v) is 6.19. The van der Waals surface area contributed by atoms with Gasteiger partial charge in [0.2, 0.25) is 15.9 Å². The summed E-state index contributed by atoms with van der Waals surface area (Å²) < 4.78 is 43.8. The average Bonchev–Trinajstić information content (AvgIpc) is 3.43. The van der Waals surface area contributed by atoms with Crippen LogP contribution in [0.4, 0.5) is 0 Å². The zero-order valence-electron chi connectivity index (χ0n) is 16.5. The van der Waals surface area contributed by atoms with Crippen LogP contribution in [0, 0.1) is 5.92 Å². The van der Waals surface area contributed by atoms with Crippen molar-refractivity contribution in [2.24, 2.45) is 5.92 Å². The van der Waals surface area contributed by atoms with E-state index in [2.05, 4.69) is 14.9 Å². The number of ether oxygens (including phenoxy) is 2. The summed E-state index contributed by atoms with van der Waals surface area (Å²) in [6.45, 7) is 3.03. The topological polar surface area (TPSA) is 115 Å². The van der Waals surface area contributed by atoms with Crippen LogP contribution in [0.2, 0.25) is 0 Å². The Labute approximate surface area is 174 Å². The van der Waals surface area contributed by atoms with Gasteiger partial charge in [-0.1, -0.05) is 6.07 Å². The lowest BCUT2D eigenvalue weighted by Gasteiger charge is -2.40. The molecule has 0 atom stereocenters. The first kappa shape index (κ1) is 19.9. The second-order valence-corrected chi connectivity index (χ2v) is 9.91. The van der Waals surface area contributed by atoms with E-state index in [9.17, 15) is 13.2 Å². The van der Waals surface area contributed by atoms with E-state index in [-0.39, 0.29) is 22.2 Å². The number of rotatable bonds is 3. The Morgan fingerprint density at radius 1 is 1.03 bits per heavy atom. The fourth-order valence-electron chi connectivity index (χ4n) is 4.58. The number of carbonyl (C=O) groups excluding carboxylic acids is 1. The zero-order chi connectivity index (χ0) is 20.8. The summed E-state index contributed by atoms with van der Waals surface area (Å²) in [5.74, 6) is -0.575. The first-order chi connectivity index (χ1) is 14.5. The van der Waals surface area contributed by atoms with Gasteiger partial charge in [0.1, 0.15) is 10.4 Å². The second kappa shape index (κ2) is 7.56. The Hall–Kier alpha value is -2.08. The lowest BCUT2D eigenvalue weighted by atomic mass is 9.94. The number of aromatic nitrogens is 2. The highest BCUT2D eigenvalue weighted by molar-refractivity contribution is 7.89. The van der Waals surface area contributed by atoms with Crippen LogP contribution in [0.15, 0.2) is 27.7 Å². The normalized spacial score (nSPS) is 23.4. The van der Waals surface area contributed by atoms with Crippen molar-refractivity contribution in [3.8, 4) is 0 Å². The molecule has 3 aliphatic rings. The first-order valence-corrected chi connectivity index (χ1v) is 11.7. The lowest BCUT2D eigenvalue weighted by molar-refractivity contribution is -0.188. The van der Waals surface area contributed by atoms with Crippen molar-refractivity contribution in [1.82, 2.24) is 19.5 Å². The van der Waals surface area contributed by atoms with Gasteiger partial charge in [-0.15, -0.1) is 0 Å². The zero-order valence-corrected chi connectivity index (χ0v) is 17.3. The highest BCUT2D eigenvalue weighted by Gasteiger charge is 2.42. The Morgan fingerprint density at radius 2 is 1.73 bits per heavy atom. The molecule has 1 spiro atoms. The molecule has 0 unspecified atom stereocenters. The molecule has 1 amide bonds. The first-order valence-electron chi connectivity index (χ1n) is 10.3. The number of hydrogen-bond donors (Lipinski definition) is 0. The van der Waals surface area contributed by atoms with Crippen LogP contribution in [0.3, 0.4) is 0 Å². The van der Waals surface area contributed by atoms with Crippen LogP contribution in [0.25, 0.3) is 11.0 Å². The summed E-state index contributed by atoms with van der Waals surface area (Å²) in [4.78, 5) is 14.9. The molecular weight excluding hydrogens is 412 g/mol. The fraction of sp³-hybridized carbons (Fsp3) is 0.632. The maximum Gasteiger partial charge on any atom is 0.245 e. The number of carbonyl (C=O) groups is 1. The molecule has 30 heavy (non-hydrogen) atoms. The molecule has 3 saturated heterocycles. The van der Waals surface area contributed by atoms with Crippen molar-refractivity contribution in [3.63, 3.8) is 0 Å². The Balaban J connectivity index is 1.22. The van der Waals surface area contributed by atoms with Crippen LogP contribution in [-0.4, -0.2) is 79.0 Å². The van der Waals surface area contributed by atoms with E-state index in [0.29, 0.717) is 70.6 Å². The Bertz CT molecular complexity index is 1030. The van der Waals surface area contributed by atoms with Crippen LogP contribution >= 0.6 is 0 Å². The summed E-state index contributed by atoms with van der Waals surface area (Å²) in [6, 6.07) is 4.78. The van der Waals surface area contributed by atoms with Gasteiger partial charge in [-0.3, -0.25) is 4.79 Å². The number of sulfonamides is 1. The molecule has 0 radical (unpaired) electrons. The van der Waals surface area contributed by atoms with Crippen LogP contribution in [0.5, 0.6) is 0 Å². The number of nitrogens with zero attached hydrogens (tertiary/aromatic N) is 4. The number of likely N-dealkylation sites (tertiary alicyclic amines) is 1. The van der Waals surface area contributed by atoms with Crippen molar-refractivity contribution >= 4 is 27.0 Å². The summed E-state index contributed by atoms with van der Waals surface area (Å²) in [5, 5.41) is 7.46. The molecule has 0 saturated carbocycles. The molecular formula is C19H24N4O6S. The van der Waals surface area contributed by atoms with Gasteiger partial charge in [0.25, 0.3) is 0 Å². The van der Waals surface area contributed by atoms with E-state index in [1.807, 2.05) is 4.90 Å². The third-order valence-corrected chi connectivity index (χ3v) is 8.25. The van der Waals surface area contributed by atoms with Gasteiger partial charge in [0, 0.05) is 44.9 Å². The maximum atomic E-state index is 13.1. The minimum atomic E-state index is -3.73. The minimum Gasteiger partial charge on any atom is -0.347 e. The van der Waals surface area contributed by atoms with Crippen LogP contribution in [-0.2, 0) is 24.3 Å². The van der Waals surface area contributed by atoms with Gasteiger partial charge in [-0.2, -0.15) is 4.31 Å². The Kier molecular flexibility index (Phi) is 5.00. The lowest BCUT2D eigenvalue weighted by Crippen LogP contribution is -2.50. The number of amides is 1. The summed E-state index contributed by atoms with van der Waals surface area (Å²) in [6.07, 6.45) is 2.36. The maximum absolute atomic E-state index is 13.1. The third kappa shape index (κ3) is 3.39. The van der Waals surface area contributed by atoms with E-state index in [1.54, 1.807) is 12.1 Å². The SMILES string of the molecule is O=C(C1CCN(S(=O)(=O)c2cccc3nonc23)CC1)N1CCC2(CC1)OCCO2. The van der Waals surface area contributed by atoms with Gasteiger partial charge in [0.15, 0.2) is 11.3 Å². The van der Waals surface area contributed by atoms with E-state index >= 15 is 0 Å². The molecule has 3 aliphatic heterocycles. The van der Waals surface area contributed by atoms with Gasteiger partial charge in [0.05, 0.1) is 13.2 Å². The van der Waals surface area contributed by atoms with Crippen molar-refractivity contribution in [2.45, 2.75) is 36.4 Å². The van der Waals surface area contributed by atoms with Crippen molar-refractivity contribution < 1.29 is 27.3 Å². The quantitative estimate of drug-likeness (QED) is 0.700. The average molecular weight is 436 g/mol. The van der Waals surface area contributed by atoms with Gasteiger partial charge in [-0.05, 0) is 35.3 Å². The smallest absolute Gasteiger partial charge is 0.245 e. The van der Waals surface area contributed by atoms with Crippen molar-refractivity contribution in [2.75, 3.05) is 39.4 Å². The summed E-state index contributed by atoms with van der Waals surface area (Å²) in [5.41, 5.74) is 0.633. The molecule has 162 valence electrons. The molecule has 2 aromatic rings. The van der Waals surface area contributed by atoms with Gasteiger partial charge >= 0.3 is 0 Å².